The molecule has 1 saturated carbocycles. The van der Waals surface area contributed by atoms with Crippen LogP contribution in [0.3, 0.4) is 0 Å². The van der Waals surface area contributed by atoms with Gasteiger partial charge in [-0.25, -0.2) is 0 Å². The number of hydrogen-bond acceptors (Lipinski definition) is 4. The fourth-order valence-electron chi connectivity index (χ4n) is 6.12. The van der Waals surface area contributed by atoms with Crippen LogP contribution in [-0.2, 0) is 18.4 Å². The second-order valence-electron chi connectivity index (χ2n) is 8.98. The van der Waals surface area contributed by atoms with Crippen LogP contribution < -0.4 is 20.5 Å². The number of piperidine rings is 1. The van der Waals surface area contributed by atoms with Gasteiger partial charge in [0.1, 0.15) is 13.2 Å². The topological polar surface area (TPSA) is 56.5 Å². The second-order valence-corrected chi connectivity index (χ2v) is 9.77. The number of fused-ring (bicyclic) bond motifs is 1. The van der Waals surface area contributed by atoms with Gasteiger partial charge in [-0.1, -0.05) is 43.2 Å². The van der Waals surface area contributed by atoms with Crippen LogP contribution in [0.2, 0.25) is 0 Å². The van der Waals surface area contributed by atoms with Crippen molar-refractivity contribution in [1.29, 1.82) is 0 Å². The lowest BCUT2D eigenvalue weighted by Crippen LogP contribution is -2.59. The maximum absolute atomic E-state index is 6.37. The van der Waals surface area contributed by atoms with Crippen LogP contribution in [0.15, 0.2) is 40.9 Å². The van der Waals surface area contributed by atoms with Crippen LogP contribution in [0.4, 0.5) is 0 Å². The van der Waals surface area contributed by atoms with E-state index in [1.807, 2.05) is 18.2 Å². The molecule has 30 heavy (non-hydrogen) atoms. The number of ether oxygens (including phenoxy) is 2. The molecule has 2 aromatic carbocycles. The van der Waals surface area contributed by atoms with Crippen LogP contribution in [0.25, 0.3) is 0 Å². The summed E-state index contributed by atoms with van der Waals surface area (Å²) in [5.74, 6) is 2.38. The van der Waals surface area contributed by atoms with Crippen molar-refractivity contribution in [3.63, 3.8) is 0 Å². The van der Waals surface area contributed by atoms with Crippen LogP contribution in [-0.4, -0.2) is 25.7 Å². The number of nitrogens with two attached hydrogens (primary N) is 1. The smallest absolute Gasteiger partial charge is 0.175 e. The quantitative estimate of drug-likeness (QED) is 0.641. The average molecular weight is 471 g/mol. The normalized spacial score (nSPS) is 27.1. The lowest BCUT2D eigenvalue weighted by molar-refractivity contribution is 0.0789. The van der Waals surface area contributed by atoms with Gasteiger partial charge >= 0.3 is 0 Å². The SMILES string of the molecule is NCCOc1c(OCc2ccccc2)cc2c(c1Br)CC1NCCC23CCCCC13. The van der Waals surface area contributed by atoms with Crippen molar-refractivity contribution in [3.8, 4) is 11.5 Å². The van der Waals surface area contributed by atoms with Gasteiger partial charge in [-0.2, -0.15) is 0 Å². The van der Waals surface area contributed by atoms with Gasteiger partial charge in [0.15, 0.2) is 11.5 Å². The Hall–Kier alpha value is -1.56. The van der Waals surface area contributed by atoms with E-state index in [-0.39, 0.29) is 5.41 Å². The number of halogens is 1. The highest BCUT2D eigenvalue weighted by atomic mass is 79.9. The van der Waals surface area contributed by atoms with Crippen molar-refractivity contribution in [3.05, 3.63) is 57.6 Å². The molecule has 3 N–H and O–H groups in total. The summed E-state index contributed by atoms with van der Waals surface area (Å²) in [7, 11) is 0. The number of benzene rings is 2. The first-order valence-corrected chi connectivity index (χ1v) is 12.1. The van der Waals surface area contributed by atoms with Gasteiger partial charge in [-0.3, -0.25) is 0 Å². The van der Waals surface area contributed by atoms with E-state index < -0.39 is 0 Å². The lowest BCUT2D eigenvalue weighted by atomic mass is 9.53. The summed E-state index contributed by atoms with van der Waals surface area (Å²) in [6.45, 7) is 2.61. The van der Waals surface area contributed by atoms with Crippen LogP contribution in [0, 0.1) is 5.92 Å². The molecule has 0 amide bonds. The van der Waals surface area contributed by atoms with Crippen LogP contribution in [0.5, 0.6) is 11.5 Å². The Balaban J connectivity index is 1.57. The Morgan fingerprint density at radius 2 is 2.00 bits per heavy atom. The molecule has 0 aromatic heterocycles. The minimum Gasteiger partial charge on any atom is -0.487 e. The molecule has 2 aromatic rings. The Bertz CT molecular complexity index is 900. The van der Waals surface area contributed by atoms with Crippen LogP contribution >= 0.6 is 15.9 Å². The van der Waals surface area contributed by atoms with Gasteiger partial charge in [0.05, 0.1) is 4.47 Å². The van der Waals surface area contributed by atoms with Crippen molar-refractivity contribution < 1.29 is 9.47 Å². The first-order valence-electron chi connectivity index (χ1n) is 11.3. The molecule has 3 atom stereocenters. The molecule has 5 rings (SSSR count). The Morgan fingerprint density at radius 1 is 1.13 bits per heavy atom. The summed E-state index contributed by atoms with van der Waals surface area (Å²) in [6, 6.07) is 13.2. The molecule has 0 spiro atoms. The first kappa shape index (κ1) is 20.3. The van der Waals surface area contributed by atoms with Crippen molar-refractivity contribution in [2.45, 2.75) is 56.6 Å². The Labute approximate surface area is 187 Å². The third-order valence-electron chi connectivity index (χ3n) is 7.41. The largest absolute Gasteiger partial charge is 0.487 e. The zero-order chi connectivity index (χ0) is 20.6. The Kier molecular flexibility index (Phi) is 5.78. The van der Waals surface area contributed by atoms with E-state index in [9.17, 15) is 0 Å². The van der Waals surface area contributed by atoms with Crippen molar-refractivity contribution >= 4 is 15.9 Å². The van der Waals surface area contributed by atoms with E-state index in [1.54, 1.807) is 0 Å². The molecule has 5 heteroatoms. The maximum atomic E-state index is 6.37. The summed E-state index contributed by atoms with van der Waals surface area (Å²) in [4.78, 5) is 0. The fourth-order valence-corrected chi connectivity index (χ4v) is 6.80. The second kappa shape index (κ2) is 8.52. The molecule has 1 aliphatic heterocycles. The van der Waals surface area contributed by atoms with E-state index in [1.165, 1.54) is 43.2 Å². The molecule has 2 fully saturated rings. The van der Waals surface area contributed by atoms with E-state index >= 15 is 0 Å². The molecule has 3 aliphatic rings. The van der Waals surface area contributed by atoms with E-state index in [4.69, 9.17) is 15.2 Å². The molecule has 2 aliphatic carbocycles. The number of hydrogen-bond donors (Lipinski definition) is 2. The molecular formula is C25H31BrN2O2. The fraction of sp³-hybridized carbons (Fsp3) is 0.520. The Morgan fingerprint density at radius 3 is 2.83 bits per heavy atom. The zero-order valence-corrected chi connectivity index (χ0v) is 19.0. The highest BCUT2D eigenvalue weighted by Gasteiger charge is 2.52. The molecule has 1 saturated heterocycles. The monoisotopic (exact) mass is 470 g/mol. The van der Waals surface area contributed by atoms with E-state index in [0.29, 0.717) is 25.8 Å². The third-order valence-corrected chi connectivity index (χ3v) is 8.25. The highest BCUT2D eigenvalue weighted by molar-refractivity contribution is 9.10. The van der Waals surface area contributed by atoms with Crippen molar-refractivity contribution in [2.24, 2.45) is 11.7 Å². The summed E-state index contributed by atoms with van der Waals surface area (Å²) >= 11 is 3.92. The standard InChI is InChI=1S/C25H31BrN2O2/c26-23-18-14-21-19-8-4-5-9-25(19,10-12-28-21)20(18)15-22(24(23)29-13-11-27)30-16-17-6-2-1-3-7-17/h1-3,6-7,15,19,21,28H,4-5,8-14,16,27H2. The summed E-state index contributed by atoms with van der Waals surface area (Å²) < 4.78 is 13.5. The van der Waals surface area contributed by atoms with Gasteiger partial charge in [-0.05, 0) is 76.8 Å². The highest BCUT2D eigenvalue weighted by Crippen LogP contribution is 2.57. The van der Waals surface area contributed by atoms with E-state index in [0.717, 1.165) is 40.4 Å². The van der Waals surface area contributed by atoms with Crippen molar-refractivity contribution in [2.75, 3.05) is 19.7 Å². The predicted molar refractivity (Wildman–Crippen MR) is 123 cm³/mol. The van der Waals surface area contributed by atoms with E-state index in [2.05, 4.69) is 39.4 Å². The molecule has 3 unspecified atom stereocenters. The molecule has 0 radical (unpaired) electrons. The average Bonchev–Trinajstić information content (AvgIpc) is 2.78. The van der Waals surface area contributed by atoms with Gasteiger partial charge in [0.2, 0.25) is 0 Å². The van der Waals surface area contributed by atoms with Gasteiger partial charge < -0.3 is 20.5 Å². The predicted octanol–water partition coefficient (Wildman–Crippen LogP) is 4.71. The van der Waals surface area contributed by atoms with Gasteiger partial charge in [-0.15, -0.1) is 0 Å². The zero-order valence-electron chi connectivity index (χ0n) is 17.5. The lowest BCUT2D eigenvalue weighted by Gasteiger charge is -2.56. The van der Waals surface area contributed by atoms with Crippen LogP contribution in [0.1, 0.15) is 48.8 Å². The summed E-state index contributed by atoms with van der Waals surface area (Å²) in [6.07, 6.45) is 7.58. The van der Waals surface area contributed by atoms with Gasteiger partial charge in [0, 0.05) is 18.0 Å². The minimum atomic E-state index is 0.279. The maximum Gasteiger partial charge on any atom is 0.175 e. The molecule has 1 heterocycles. The van der Waals surface area contributed by atoms with Crippen molar-refractivity contribution in [1.82, 2.24) is 5.32 Å². The first-order chi connectivity index (χ1) is 14.7. The summed E-state index contributed by atoms with van der Waals surface area (Å²) in [5, 5.41) is 3.82. The van der Waals surface area contributed by atoms with Gasteiger partial charge in [0.25, 0.3) is 0 Å². The molecule has 2 bridgehead atoms. The number of nitrogens with one attached hydrogen (secondary N) is 1. The third kappa shape index (κ3) is 3.45. The summed E-state index contributed by atoms with van der Waals surface area (Å²) in [5.41, 5.74) is 10.1. The molecular weight excluding hydrogens is 440 g/mol. The molecule has 4 nitrogen and oxygen atoms in total. The number of rotatable bonds is 6. The minimum absolute atomic E-state index is 0.279. The molecule has 160 valence electrons.